The average Bonchev–Trinajstić information content (AvgIpc) is 2.67. The first-order valence-electron chi connectivity index (χ1n) is 7.87. The molecule has 1 heterocycles. The van der Waals surface area contributed by atoms with E-state index in [-0.39, 0.29) is 23.7 Å². The van der Waals surface area contributed by atoms with Crippen molar-refractivity contribution in [2.24, 2.45) is 0 Å². The van der Waals surface area contributed by atoms with Crippen molar-refractivity contribution < 1.29 is 14.2 Å². The standard InChI is InChI=1S/C18H15ClFN3O4/c1-27-16-17(25)22(9-11-2-4-13(19)5-3-11)18(26)23(21-16)15-7-6-14(20)8-12(15)10-24/h2-8,24H,9-10H2,1H3. The Bertz CT molecular complexity index is 1090. The number of benzene rings is 2. The number of hydrogen-bond donors (Lipinski definition) is 1. The second-order valence-corrected chi connectivity index (χ2v) is 6.09. The fourth-order valence-electron chi connectivity index (χ4n) is 2.58. The smallest absolute Gasteiger partial charge is 0.352 e. The third kappa shape index (κ3) is 3.76. The van der Waals surface area contributed by atoms with Gasteiger partial charge in [0.1, 0.15) is 5.82 Å². The molecule has 0 aliphatic rings. The lowest BCUT2D eigenvalue weighted by Gasteiger charge is -2.13. The zero-order valence-electron chi connectivity index (χ0n) is 14.2. The molecule has 0 fully saturated rings. The minimum Gasteiger partial charge on any atom is -0.476 e. The van der Waals surface area contributed by atoms with E-state index in [2.05, 4.69) is 5.10 Å². The molecule has 0 saturated carbocycles. The molecule has 27 heavy (non-hydrogen) atoms. The van der Waals surface area contributed by atoms with Gasteiger partial charge in [0, 0.05) is 10.6 Å². The van der Waals surface area contributed by atoms with E-state index in [1.807, 2.05) is 0 Å². The Labute approximate surface area is 157 Å². The molecule has 0 saturated heterocycles. The van der Waals surface area contributed by atoms with Gasteiger partial charge in [-0.2, -0.15) is 4.68 Å². The Balaban J connectivity index is 2.21. The van der Waals surface area contributed by atoms with Gasteiger partial charge < -0.3 is 9.84 Å². The summed E-state index contributed by atoms with van der Waals surface area (Å²) < 4.78 is 20.3. The molecular weight excluding hydrogens is 377 g/mol. The van der Waals surface area contributed by atoms with Gasteiger partial charge in [-0.05, 0) is 35.9 Å². The van der Waals surface area contributed by atoms with Crippen molar-refractivity contribution in [1.82, 2.24) is 14.3 Å². The van der Waals surface area contributed by atoms with Crippen LogP contribution in [0.25, 0.3) is 5.69 Å². The number of hydrogen-bond acceptors (Lipinski definition) is 5. The fraction of sp³-hybridized carbons (Fsp3) is 0.167. The quantitative estimate of drug-likeness (QED) is 0.716. The van der Waals surface area contributed by atoms with Gasteiger partial charge >= 0.3 is 11.2 Å². The van der Waals surface area contributed by atoms with Gasteiger partial charge in [-0.1, -0.05) is 23.7 Å². The summed E-state index contributed by atoms with van der Waals surface area (Å²) >= 11 is 5.86. The number of aliphatic hydroxyl groups is 1. The molecular formula is C18H15ClFN3O4. The summed E-state index contributed by atoms with van der Waals surface area (Å²) in [7, 11) is 1.25. The Morgan fingerprint density at radius 2 is 1.89 bits per heavy atom. The summed E-state index contributed by atoms with van der Waals surface area (Å²) in [6, 6.07) is 10.2. The minimum absolute atomic E-state index is 0.0383. The lowest BCUT2D eigenvalue weighted by molar-refractivity contribution is 0.280. The van der Waals surface area contributed by atoms with Gasteiger partial charge in [-0.3, -0.25) is 4.79 Å². The number of aliphatic hydroxyl groups excluding tert-OH is 1. The Kier molecular flexibility index (Phi) is 5.38. The first-order valence-corrected chi connectivity index (χ1v) is 8.24. The molecule has 7 nitrogen and oxygen atoms in total. The summed E-state index contributed by atoms with van der Waals surface area (Å²) in [5.74, 6) is -0.880. The molecule has 140 valence electrons. The number of rotatable bonds is 5. The van der Waals surface area contributed by atoms with Crippen LogP contribution in [0.3, 0.4) is 0 Å². The lowest BCUT2D eigenvalue weighted by atomic mass is 10.2. The van der Waals surface area contributed by atoms with E-state index < -0.39 is 23.7 Å². The van der Waals surface area contributed by atoms with Crippen LogP contribution in [-0.4, -0.2) is 26.6 Å². The molecule has 2 aromatic carbocycles. The van der Waals surface area contributed by atoms with Crippen molar-refractivity contribution in [2.75, 3.05) is 7.11 Å². The molecule has 3 rings (SSSR count). The van der Waals surface area contributed by atoms with Gasteiger partial charge in [-0.25, -0.2) is 13.8 Å². The maximum atomic E-state index is 13.4. The molecule has 0 aliphatic carbocycles. The monoisotopic (exact) mass is 391 g/mol. The van der Waals surface area contributed by atoms with E-state index >= 15 is 0 Å². The Morgan fingerprint density at radius 1 is 1.19 bits per heavy atom. The summed E-state index contributed by atoms with van der Waals surface area (Å²) in [6.45, 7) is -0.552. The second-order valence-electron chi connectivity index (χ2n) is 5.65. The highest BCUT2D eigenvalue weighted by atomic mass is 35.5. The molecule has 1 aromatic heterocycles. The second kappa shape index (κ2) is 7.73. The zero-order chi connectivity index (χ0) is 19.6. The van der Waals surface area contributed by atoms with Crippen LogP contribution in [0.1, 0.15) is 11.1 Å². The van der Waals surface area contributed by atoms with Crippen molar-refractivity contribution in [3.63, 3.8) is 0 Å². The van der Waals surface area contributed by atoms with E-state index in [4.69, 9.17) is 16.3 Å². The maximum absolute atomic E-state index is 13.4. The van der Waals surface area contributed by atoms with E-state index in [1.165, 1.54) is 13.2 Å². The third-order valence-electron chi connectivity index (χ3n) is 3.92. The van der Waals surface area contributed by atoms with Crippen LogP contribution in [0.4, 0.5) is 4.39 Å². The molecule has 1 N–H and O–H groups in total. The molecule has 0 atom stereocenters. The molecule has 0 radical (unpaired) electrons. The van der Waals surface area contributed by atoms with Crippen LogP contribution >= 0.6 is 11.6 Å². The molecule has 9 heteroatoms. The van der Waals surface area contributed by atoms with E-state index in [0.29, 0.717) is 10.6 Å². The first kappa shape index (κ1) is 18.8. The highest BCUT2D eigenvalue weighted by Crippen LogP contribution is 2.15. The van der Waals surface area contributed by atoms with Crippen molar-refractivity contribution in [3.05, 3.63) is 85.3 Å². The number of halogens is 2. The predicted molar refractivity (Wildman–Crippen MR) is 97.1 cm³/mol. The summed E-state index contributed by atoms with van der Waals surface area (Å²) in [5, 5.41) is 13.9. The maximum Gasteiger partial charge on any atom is 0.352 e. The van der Waals surface area contributed by atoms with Crippen LogP contribution < -0.4 is 16.0 Å². The summed E-state index contributed by atoms with van der Waals surface area (Å²) in [4.78, 5) is 25.4. The Morgan fingerprint density at radius 3 is 2.52 bits per heavy atom. The van der Waals surface area contributed by atoms with Gasteiger partial charge in [0.25, 0.3) is 5.88 Å². The van der Waals surface area contributed by atoms with Crippen LogP contribution in [0.5, 0.6) is 5.88 Å². The van der Waals surface area contributed by atoms with Crippen LogP contribution in [-0.2, 0) is 13.2 Å². The molecule has 0 amide bonds. The average molecular weight is 392 g/mol. The molecule has 0 unspecified atom stereocenters. The van der Waals surface area contributed by atoms with E-state index in [9.17, 15) is 19.1 Å². The summed E-state index contributed by atoms with van der Waals surface area (Å²) in [5.41, 5.74) is -0.506. The minimum atomic E-state index is -0.753. The van der Waals surface area contributed by atoms with Crippen LogP contribution in [0, 0.1) is 5.82 Å². The van der Waals surface area contributed by atoms with Crippen molar-refractivity contribution >= 4 is 11.6 Å². The highest BCUT2D eigenvalue weighted by Gasteiger charge is 2.17. The van der Waals surface area contributed by atoms with E-state index in [0.717, 1.165) is 21.4 Å². The van der Waals surface area contributed by atoms with Gasteiger partial charge in [-0.15, -0.1) is 5.10 Å². The predicted octanol–water partition coefficient (Wildman–Crippen LogP) is 1.74. The van der Waals surface area contributed by atoms with E-state index in [1.54, 1.807) is 24.3 Å². The molecule has 0 bridgehead atoms. The van der Waals surface area contributed by atoms with Gasteiger partial charge in [0.2, 0.25) is 0 Å². The molecule has 3 aromatic rings. The van der Waals surface area contributed by atoms with Crippen molar-refractivity contribution in [3.8, 4) is 11.6 Å². The fourth-order valence-corrected chi connectivity index (χ4v) is 2.70. The summed E-state index contributed by atoms with van der Waals surface area (Å²) in [6.07, 6.45) is 0. The van der Waals surface area contributed by atoms with Crippen LogP contribution in [0.15, 0.2) is 52.1 Å². The first-order chi connectivity index (χ1) is 12.9. The van der Waals surface area contributed by atoms with Crippen molar-refractivity contribution in [2.45, 2.75) is 13.2 Å². The molecule has 0 spiro atoms. The largest absolute Gasteiger partial charge is 0.476 e. The SMILES string of the molecule is COc1nn(-c2ccc(F)cc2CO)c(=O)n(Cc2ccc(Cl)cc2)c1=O. The molecule has 0 aliphatic heterocycles. The number of methoxy groups -OCH3 is 1. The number of ether oxygens (including phenoxy) is 1. The lowest BCUT2D eigenvalue weighted by Crippen LogP contribution is -2.41. The zero-order valence-corrected chi connectivity index (χ0v) is 15.0. The topological polar surface area (TPSA) is 86.3 Å². The van der Waals surface area contributed by atoms with Gasteiger partial charge in [0.05, 0.1) is 25.9 Å². The Hall–Kier alpha value is -2.97. The normalized spacial score (nSPS) is 10.8. The van der Waals surface area contributed by atoms with Gasteiger partial charge in [0.15, 0.2) is 0 Å². The number of nitrogens with zero attached hydrogens (tertiary/aromatic N) is 3. The van der Waals surface area contributed by atoms with Crippen molar-refractivity contribution in [1.29, 1.82) is 0 Å². The van der Waals surface area contributed by atoms with Crippen LogP contribution in [0.2, 0.25) is 5.02 Å². The number of aromatic nitrogens is 3. The highest BCUT2D eigenvalue weighted by molar-refractivity contribution is 6.30. The third-order valence-corrected chi connectivity index (χ3v) is 4.17.